The van der Waals surface area contributed by atoms with E-state index in [1.807, 2.05) is 0 Å². The van der Waals surface area contributed by atoms with E-state index in [1.165, 1.54) is 6.07 Å². The summed E-state index contributed by atoms with van der Waals surface area (Å²) in [6.07, 6.45) is -7.43. The fraction of sp³-hybridized carbons (Fsp3) is 0.417. The third-order valence-electron chi connectivity index (χ3n) is 3.36. The second-order valence-corrected chi connectivity index (χ2v) is 9.87. The summed E-state index contributed by atoms with van der Waals surface area (Å²) >= 11 is 0. The van der Waals surface area contributed by atoms with Gasteiger partial charge in [0.1, 0.15) is 18.3 Å². The molecule has 0 radical (unpaired) electrons. The number of phosphoric ester groups is 2. The second kappa shape index (κ2) is 11.2. The zero-order chi connectivity index (χ0) is 24.9. The number of hydrogen-bond donors (Lipinski definition) is 9. The molecule has 1 fully saturated rings. The zero-order valence-corrected chi connectivity index (χ0v) is 18.3. The number of nitrogens with two attached hydrogens (primary N) is 1. The number of aliphatic hydroxyl groups is 2. The average Bonchev–Trinajstić information content (AvgIpc) is 2.85. The summed E-state index contributed by atoms with van der Waals surface area (Å²) in [6.45, 7) is -0.905. The van der Waals surface area contributed by atoms with E-state index in [9.17, 15) is 28.7 Å². The number of benzene rings is 1. The molecule has 10 N–H and O–H groups in total. The number of ether oxygens (including phenoxy) is 1. The van der Waals surface area contributed by atoms with Gasteiger partial charge in [-0.05, 0) is 12.1 Å². The van der Waals surface area contributed by atoms with Crippen LogP contribution >= 0.6 is 23.5 Å². The third kappa shape index (κ3) is 10.1. The molecule has 1 aromatic carbocycles. The van der Waals surface area contributed by atoms with E-state index in [-0.39, 0.29) is 5.56 Å². The van der Waals surface area contributed by atoms with Crippen molar-refractivity contribution in [1.29, 1.82) is 0 Å². The van der Waals surface area contributed by atoms with Crippen LogP contribution < -0.4 is 5.73 Å². The van der Waals surface area contributed by atoms with Gasteiger partial charge >= 0.3 is 29.4 Å². The normalized spacial score (nSPS) is 25.5. The highest BCUT2D eigenvalue weighted by atomic mass is 31.3. The maximum atomic E-state index is 11.3. The van der Waals surface area contributed by atoms with Gasteiger partial charge in [0.2, 0.25) is 0 Å². The van der Waals surface area contributed by atoms with Gasteiger partial charge in [0.25, 0.3) is 0 Å². The lowest BCUT2D eigenvalue weighted by Gasteiger charge is -2.18. The van der Waals surface area contributed by atoms with Gasteiger partial charge < -0.3 is 50.3 Å². The van der Waals surface area contributed by atoms with Gasteiger partial charge in [-0.2, -0.15) is 4.31 Å². The molecule has 2 unspecified atom stereocenters. The van der Waals surface area contributed by atoms with E-state index < -0.39 is 60.6 Å². The molecule has 0 aliphatic carbocycles. The molecule has 20 heteroatoms. The van der Waals surface area contributed by atoms with Crippen molar-refractivity contribution in [2.45, 2.75) is 24.6 Å². The number of para-hydroxylation sites is 1. The van der Waals surface area contributed by atoms with E-state index >= 15 is 0 Å². The van der Waals surface area contributed by atoms with Gasteiger partial charge in [-0.25, -0.2) is 18.5 Å². The first-order valence-corrected chi connectivity index (χ1v) is 12.5. The maximum Gasteiger partial charge on any atom is 0.483 e. The van der Waals surface area contributed by atoms with Crippen molar-refractivity contribution in [2.75, 3.05) is 12.3 Å². The smallest absolute Gasteiger partial charge is 0.478 e. The molecule has 1 heterocycles. The van der Waals surface area contributed by atoms with Gasteiger partial charge in [0, 0.05) is 5.69 Å². The number of aromatic carboxylic acids is 1. The van der Waals surface area contributed by atoms with Crippen molar-refractivity contribution in [3.05, 3.63) is 29.8 Å². The van der Waals surface area contributed by atoms with Crippen molar-refractivity contribution in [3.8, 4) is 0 Å². The van der Waals surface area contributed by atoms with E-state index in [1.54, 1.807) is 18.2 Å². The topological polar surface area (TPSA) is 293 Å². The van der Waals surface area contributed by atoms with Gasteiger partial charge in [-0.1, -0.05) is 12.1 Å². The SMILES string of the molecule is Nc1ccccc1C(=O)O.O=P(O)(O)OC[C@H]1OC(OP(=O)(O)OP(=O)(O)O)[C@H](O)[C@@H]1O. The standard InChI is InChI=1S/C7H7NO2.C5H13O14P3/c8-6-4-2-1-3-5(6)7(9)10;6-3-2(1-16-20(8,9)10)17-5(4(3)7)18-22(14,15)19-21(11,12)13/h1-4H,8H2,(H,9,10);2-7H,1H2,(H,14,15)(H2,8,9,10)(H2,11,12,13)/t;2-,3-,4-,5?/m.1/s1. The minimum atomic E-state index is -5.39. The maximum absolute atomic E-state index is 11.3. The monoisotopic (exact) mass is 527 g/mol. The molecule has 1 saturated heterocycles. The molecule has 0 saturated carbocycles. The quantitative estimate of drug-likeness (QED) is 0.141. The molecule has 1 aliphatic rings. The minimum Gasteiger partial charge on any atom is -0.478 e. The highest BCUT2D eigenvalue weighted by Crippen LogP contribution is 2.58. The number of hydrogen-bond acceptors (Lipinski definition) is 11. The lowest BCUT2D eigenvalue weighted by atomic mass is 10.1. The number of carboxylic acids is 1. The number of anilines is 1. The van der Waals surface area contributed by atoms with Gasteiger partial charge in [0.05, 0.1) is 12.2 Å². The van der Waals surface area contributed by atoms with E-state index in [4.69, 9.17) is 35.3 Å². The minimum absolute atomic E-state index is 0.155. The molecular weight excluding hydrogens is 507 g/mol. The molecule has 0 aromatic heterocycles. The number of nitrogen functional groups attached to an aromatic ring is 1. The van der Waals surface area contributed by atoms with Crippen LogP contribution in [0.25, 0.3) is 0 Å². The van der Waals surface area contributed by atoms with Crippen LogP contribution in [0.5, 0.6) is 0 Å². The number of carbonyl (C=O) groups is 1. The first kappa shape index (κ1) is 28.8. The average molecular weight is 527 g/mol. The first-order chi connectivity index (χ1) is 14.4. The zero-order valence-electron chi connectivity index (χ0n) is 15.6. The van der Waals surface area contributed by atoms with E-state index in [2.05, 4.69) is 18.1 Å². The Bertz CT molecular complexity index is 929. The fourth-order valence-electron chi connectivity index (χ4n) is 2.09. The number of rotatable bonds is 8. The van der Waals surface area contributed by atoms with Crippen molar-refractivity contribution < 1.29 is 76.4 Å². The summed E-state index contributed by atoms with van der Waals surface area (Å²) in [6, 6.07) is 6.36. The second-order valence-electron chi connectivity index (χ2n) is 5.85. The Balaban J connectivity index is 0.000000425. The van der Waals surface area contributed by atoms with Crippen molar-refractivity contribution >= 4 is 35.1 Å². The molecule has 17 nitrogen and oxygen atoms in total. The highest BCUT2D eigenvalue weighted by molar-refractivity contribution is 7.60. The summed E-state index contributed by atoms with van der Waals surface area (Å²) in [5.74, 6) is -0.988. The van der Waals surface area contributed by atoms with Crippen LogP contribution in [0.2, 0.25) is 0 Å². The molecule has 0 bridgehead atoms. The Kier molecular flexibility index (Phi) is 10.1. The van der Waals surface area contributed by atoms with Gasteiger partial charge in [0.15, 0.2) is 6.29 Å². The molecule has 1 aliphatic heterocycles. The molecule has 0 amide bonds. The summed E-state index contributed by atoms with van der Waals surface area (Å²) in [7, 11) is -15.7. The lowest BCUT2D eigenvalue weighted by molar-refractivity contribution is -0.125. The van der Waals surface area contributed by atoms with Gasteiger partial charge in [-0.3, -0.25) is 9.05 Å². The van der Waals surface area contributed by atoms with E-state index in [0.29, 0.717) is 5.69 Å². The van der Waals surface area contributed by atoms with Crippen LogP contribution in [0.3, 0.4) is 0 Å². The largest absolute Gasteiger partial charge is 0.483 e. The summed E-state index contributed by atoms with van der Waals surface area (Å²) in [5, 5.41) is 27.5. The van der Waals surface area contributed by atoms with Crippen LogP contribution in [0.1, 0.15) is 10.4 Å². The fourth-order valence-corrected chi connectivity index (χ4v) is 4.09. The van der Waals surface area contributed by atoms with Gasteiger partial charge in [-0.15, -0.1) is 0 Å². The summed E-state index contributed by atoms with van der Waals surface area (Å²) in [5.41, 5.74) is 5.80. The molecule has 0 spiro atoms. The lowest BCUT2D eigenvalue weighted by Crippen LogP contribution is -2.34. The molecule has 184 valence electrons. The third-order valence-corrected chi connectivity index (χ3v) is 6.00. The van der Waals surface area contributed by atoms with E-state index in [0.717, 1.165) is 0 Å². The van der Waals surface area contributed by atoms with Crippen LogP contribution in [0, 0.1) is 0 Å². The molecule has 32 heavy (non-hydrogen) atoms. The number of phosphoric acid groups is 3. The number of aliphatic hydroxyl groups excluding tert-OH is 2. The summed E-state index contributed by atoms with van der Waals surface area (Å²) < 4.78 is 48.5. The predicted molar refractivity (Wildman–Crippen MR) is 101 cm³/mol. The number of carboxylic acid groups (broad SMARTS) is 1. The van der Waals surface area contributed by atoms with Crippen molar-refractivity contribution in [1.82, 2.24) is 0 Å². The molecule has 2 rings (SSSR count). The Hall–Kier alpha value is -1.26. The van der Waals surface area contributed by atoms with Crippen molar-refractivity contribution in [2.24, 2.45) is 0 Å². The highest BCUT2D eigenvalue weighted by Gasteiger charge is 2.48. The molecule has 1 aromatic rings. The van der Waals surface area contributed by atoms with Crippen LogP contribution in [-0.2, 0) is 31.8 Å². The Morgan fingerprint density at radius 1 is 1.00 bits per heavy atom. The predicted octanol–water partition coefficient (Wildman–Crippen LogP) is -1.26. The Morgan fingerprint density at radius 2 is 1.56 bits per heavy atom. The van der Waals surface area contributed by atoms with Crippen LogP contribution in [-0.4, -0.2) is 77.0 Å². The molecular formula is C12H20NO16P3. The van der Waals surface area contributed by atoms with Crippen LogP contribution in [0.4, 0.5) is 5.69 Å². The molecule has 5 atom stereocenters. The Morgan fingerprint density at radius 3 is 2.00 bits per heavy atom. The van der Waals surface area contributed by atoms with Crippen molar-refractivity contribution in [3.63, 3.8) is 0 Å². The first-order valence-electron chi connectivity index (χ1n) is 7.99. The van der Waals surface area contributed by atoms with Crippen LogP contribution in [0.15, 0.2) is 24.3 Å². The Labute approximate surface area is 179 Å². The summed E-state index contributed by atoms with van der Waals surface area (Å²) in [4.78, 5) is 53.1.